The molecule has 0 atom stereocenters. The fraction of sp³-hybridized carbons (Fsp3) is 0.444. The van der Waals surface area contributed by atoms with Crippen molar-refractivity contribution in [3.05, 3.63) is 30.3 Å². The summed E-state index contributed by atoms with van der Waals surface area (Å²) in [5.74, 6) is -0.235. The molecule has 5 N–H and O–H groups in total. The average Bonchev–Trinajstić information content (AvgIpc) is 2.58. The van der Waals surface area contributed by atoms with Gasteiger partial charge in [0.05, 0.1) is 10.6 Å². The Labute approximate surface area is 161 Å². The Morgan fingerprint density at radius 2 is 1.52 bits per heavy atom. The highest BCUT2D eigenvalue weighted by atomic mass is 32.3. The van der Waals surface area contributed by atoms with Crippen LogP contribution in [0, 0.1) is 0 Å². The predicted molar refractivity (Wildman–Crippen MR) is 110 cm³/mol. The number of benzene rings is 2. The molecule has 0 heterocycles. The first-order valence-electron chi connectivity index (χ1n) is 9.01. The second-order valence-electron chi connectivity index (χ2n) is 6.60. The summed E-state index contributed by atoms with van der Waals surface area (Å²) in [5, 5.41) is 0.686. The Bertz CT molecular complexity index is 1000. The Hall–Kier alpha value is -1.84. The van der Waals surface area contributed by atoms with E-state index in [1.54, 1.807) is 18.2 Å². The number of nitrogens with two attached hydrogens (primary N) is 2. The van der Waals surface area contributed by atoms with Crippen LogP contribution in [-0.4, -0.2) is 22.6 Å². The number of nitrogen functional groups attached to an aromatic ring is 2. The molecule has 0 amide bonds. The lowest BCUT2D eigenvalue weighted by Gasteiger charge is -2.13. The molecule has 0 aliphatic rings. The smallest absolute Gasteiger partial charge is 0.254 e. The fourth-order valence-corrected chi connectivity index (χ4v) is 6.33. The molecule has 9 heteroatoms. The van der Waals surface area contributed by atoms with Crippen LogP contribution in [0.2, 0.25) is 0 Å². The summed E-state index contributed by atoms with van der Waals surface area (Å²) in [7, 11) is -8.29. The third kappa shape index (κ3) is 5.57. The molecule has 0 bridgehead atoms. The molecule has 0 saturated heterocycles. The van der Waals surface area contributed by atoms with Gasteiger partial charge in [-0.1, -0.05) is 51.2 Å². The van der Waals surface area contributed by atoms with Crippen molar-refractivity contribution in [3.63, 3.8) is 0 Å². The lowest BCUT2D eigenvalue weighted by atomic mass is 10.1. The van der Waals surface area contributed by atoms with E-state index in [2.05, 4.69) is 6.92 Å². The number of anilines is 2. The maximum Gasteiger partial charge on any atom is 0.254 e. The summed E-state index contributed by atoms with van der Waals surface area (Å²) >= 11 is 0. The molecule has 0 radical (unpaired) electrons. The van der Waals surface area contributed by atoms with Crippen molar-refractivity contribution in [1.82, 2.24) is 4.13 Å². The van der Waals surface area contributed by atoms with Gasteiger partial charge in [0.1, 0.15) is 0 Å². The molecule has 0 spiro atoms. The number of hydrogen-bond acceptors (Lipinski definition) is 6. The van der Waals surface area contributed by atoms with Crippen LogP contribution in [0.1, 0.15) is 45.4 Å². The Morgan fingerprint density at radius 1 is 0.852 bits per heavy atom. The van der Waals surface area contributed by atoms with Gasteiger partial charge in [0.2, 0.25) is 10.0 Å². The maximum absolute atomic E-state index is 12.7. The molecule has 7 nitrogen and oxygen atoms in total. The van der Waals surface area contributed by atoms with Crippen LogP contribution in [0.15, 0.2) is 35.2 Å². The summed E-state index contributed by atoms with van der Waals surface area (Å²) in [6, 6.07) is 7.55. The monoisotopic (exact) mass is 413 g/mol. The fourth-order valence-electron chi connectivity index (χ4n) is 2.97. The van der Waals surface area contributed by atoms with Crippen LogP contribution in [0.25, 0.3) is 10.8 Å². The summed E-state index contributed by atoms with van der Waals surface area (Å²) in [5.41, 5.74) is 12.4. The SMILES string of the molecule is CCCCCCCCS(=O)(=O)NS(=O)(=O)c1ccc(N)c2cccc(N)c12. The molecule has 150 valence electrons. The highest BCUT2D eigenvalue weighted by Gasteiger charge is 2.25. The van der Waals surface area contributed by atoms with E-state index in [0.29, 0.717) is 17.5 Å². The second-order valence-corrected chi connectivity index (χ2v) is 10.3. The Kier molecular flexibility index (Phi) is 7.07. The summed E-state index contributed by atoms with van der Waals surface area (Å²) in [4.78, 5) is -0.198. The first-order valence-corrected chi connectivity index (χ1v) is 12.1. The molecule has 0 aliphatic carbocycles. The third-order valence-electron chi connectivity index (χ3n) is 4.36. The van der Waals surface area contributed by atoms with E-state index in [4.69, 9.17) is 11.5 Å². The van der Waals surface area contributed by atoms with E-state index in [1.165, 1.54) is 12.1 Å². The number of rotatable bonds is 10. The summed E-state index contributed by atoms with van der Waals surface area (Å²) in [6.45, 7) is 2.10. The topological polar surface area (TPSA) is 132 Å². The number of hydrogen-bond donors (Lipinski definition) is 3. The van der Waals surface area contributed by atoms with E-state index in [1.807, 2.05) is 4.13 Å². The minimum Gasteiger partial charge on any atom is -0.398 e. The standard InChI is InChI=1S/C18H27N3O4S2/c1-2-3-4-5-6-7-13-26(22,23)21-27(24,25)17-12-11-15(19)14-9-8-10-16(20)18(14)17/h8-12,21H,2-7,13,19-20H2,1H3. The molecular weight excluding hydrogens is 386 g/mol. The molecule has 2 aromatic rings. The quantitative estimate of drug-likeness (QED) is 0.405. The van der Waals surface area contributed by atoms with Crippen LogP contribution < -0.4 is 15.6 Å². The van der Waals surface area contributed by atoms with Crippen molar-refractivity contribution in [1.29, 1.82) is 0 Å². The summed E-state index contributed by atoms with van der Waals surface area (Å²) < 4.78 is 51.8. The highest BCUT2D eigenvalue weighted by Crippen LogP contribution is 2.32. The number of sulfonamides is 2. The Balaban J connectivity index is 2.19. The van der Waals surface area contributed by atoms with Crippen molar-refractivity contribution < 1.29 is 16.8 Å². The van der Waals surface area contributed by atoms with Crippen molar-refractivity contribution in [2.24, 2.45) is 0 Å². The largest absolute Gasteiger partial charge is 0.398 e. The zero-order valence-electron chi connectivity index (χ0n) is 15.4. The van der Waals surface area contributed by atoms with Gasteiger partial charge >= 0.3 is 0 Å². The predicted octanol–water partition coefficient (Wildman–Crippen LogP) is 2.97. The van der Waals surface area contributed by atoms with Crippen LogP contribution >= 0.6 is 0 Å². The summed E-state index contributed by atoms with van der Waals surface area (Å²) in [6.07, 6.45) is 5.38. The lowest BCUT2D eigenvalue weighted by Crippen LogP contribution is -2.32. The molecule has 2 aromatic carbocycles. The molecule has 0 saturated carbocycles. The minimum atomic E-state index is -4.31. The molecular formula is C18H27N3O4S2. The minimum absolute atomic E-state index is 0.198. The second kappa shape index (κ2) is 8.90. The van der Waals surface area contributed by atoms with Crippen molar-refractivity contribution in [2.45, 2.75) is 50.3 Å². The molecule has 0 aliphatic heterocycles. The van der Waals surface area contributed by atoms with Crippen LogP contribution in [0.3, 0.4) is 0 Å². The van der Waals surface area contributed by atoms with Gasteiger partial charge in [-0.3, -0.25) is 0 Å². The van der Waals surface area contributed by atoms with Crippen LogP contribution in [-0.2, 0) is 20.0 Å². The van der Waals surface area contributed by atoms with Crippen molar-refractivity contribution in [3.8, 4) is 0 Å². The van der Waals surface area contributed by atoms with Crippen LogP contribution in [0.5, 0.6) is 0 Å². The molecule has 0 fully saturated rings. The van der Waals surface area contributed by atoms with E-state index in [-0.39, 0.29) is 21.7 Å². The van der Waals surface area contributed by atoms with E-state index in [9.17, 15) is 16.8 Å². The van der Waals surface area contributed by atoms with Gasteiger partial charge in [-0.25, -0.2) is 16.8 Å². The molecule has 0 unspecified atom stereocenters. The van der Waals surface area contributed by atoms with Gasteiger partial charge in [-0.2, -0.15) is 0 Å². The van der Waals surface area contributed by atoms with Gasteiger partial charge in [0, 0.05) is 22.1 Å². The Morgan fingerprint density at radius 3 is 2.22 bits per heavy atom. The molecule has 2 rings (SSSR count). The number of fused-ring (bicyclic) bond motifs is 1. The van der Waals surface area contributed by atoms with E-state index >= 15 is 0 Å². The van der Waals surface area contributed by atoms with Crippen LogP contribution in [0.4, 0.5) is 11.4 Å². The van der Waals surface area contributed by atoms with Gasteiger partial charge in [0.25, 0.3) is 10.0 Å². The van der Waals surface area contributed by atoms with Gasteiger partial charge in [0.15, 0.2) is 0 Å². The number of nitrogens with one attached hydrogen (secondary N) is 1. The zero-order chi connectivity index (χ0) is 20.1. The highest BCUT2D eigenvalue weighted by molar-refractivity contribution is 8.04. The first-order chi connectivity index (χ1) is 12.7. The van der Waals surface area contributed by atoms with E-state index < -0.39 is 20.0 Å². The van der Waals surface area contributed by atoms with Crippen molar-refractivity contribution >= 4 is 42.2 Å². The van der Waals surface area contributed by atoms with Gasteiger partial charge in [-0.15, -0.1) is 4.13 Å². The lowest BCUT2D eigenvalue weighted by molar-refractivity contribution is 0.571. The molecule has 27 heavy (non-hydrogen) atoms. The molecule has 0 aromatic heterocycles. The zero-order valence-corrected chi connectivity index (χ0v) is 17.1. The third-order valence-corrected chi connectivity index (χ3v) is 8.00. The van der Waals surface area contributed by atoms with Crippen molar-refractivity contribution in [2.75, 3.05) is 17.2 Å². The van der Waals surface area contributed by atoms with Gasteiger partial charge in [-0.05, 0) is 24.6 Å². The first kappa shape index (κ1) is 21.5. The maximum atomic E-state index is 12.7. The van der Waals surface area contributed by atoms with E-state index in [0.717, 1.165) is 32.1 Å². The number of unbranched alkanes of at least 4 members (excludes halogenated alkanes) is 5. The average molecular weight is 414 g/mol. The normalized spacial score (nSPS) is 12.5. The van der Waals surface area contributed by atoms with Gasteiger partial charge < -0.3 is 11.5 Å².